The van der Waals surface area contributed by atoms with Crippen molar-refractivity contribution in [3.63, 3.8) is 0 Å². The van der Waals surface area contributed by atoms with Crippen LogP contribution in [0, 0.1) is 5.41 Å². The Balaban J connectivity index is 0. The first-order valence-corrected chi connectivity index (χ1v) is 15.3. The molecule has 2 amide bonds. The monoisotopic (exact) mass is 561 g/mol. The molecule has 0 saturated carbocycles. The molecule has 0 aromatic rings. The molecule has 0 aliphatic rings. The summed E-state index contributed by atoms with van der Waals surface area (Å²) in [5.74, 6) is -0.287. The molecule has 0 heterocycles. The molecule has 6 N–H and O–H groups in total. The minimum atomic E-state index is -0.649. The lowest BCUT2D eigenvalue weighted by Crippen LogP contribution is -2.47. The molecule has 1 unspecified atom stereocenters. The van der Waals surface area contributed by atoms with E-state index in [1.54, 1.807) is 0 Å². The van der Waals surface area contributed by atoms with E-state index in [1.807, 2.05) is 0 Å². The summed E-state index contributed by atoms with van der Waals surface area (Å²) >= 11 is 0. The smallest absolute Gasteiger partial charge is 0.407 e. The number of unbranched alkanes of at least 4 members (excludes halogenated alkanes) is 16. The highest BCUT2D eigenvalue weighted by molar-refractivity contribution is 5.85. The van der Waals surface area contributed by atoms with Gasteiger partial charge in [0.25, 0.3) is 0 Å². The molecule has 0 radical (unpaired) electrons. The molecule has 0 spiro atoms. The highest BCUT2D eigenvalue weighted by atomic mass is 35.5. The third-order valence-corrected chi connectivity index (χ3v) is 6.65. The Labute approximate surface area is 239 Å². The lowest BCUT2D eigenvalue weighted by atomic mass is 10.0. The topological polar surface area (TPSA) is 129 Å². The van der Waals surface area contributed by atoms with Crippen molar-refractivity contribution in [1.82, 2.24) is 16.0 Å². The number of amides is 2. The summed E-state index contributed by atoms with van der Waals surface area (Å²) in [7, 11) is 0. The quantitative estimate of drug-likeness (QED) is 0.0443. The van der Waals surface area contributed by atoms with Crippen LogP contribution in [-0.4, -0.2) is 43.7 Å². The average Bonchev–Trinajstić information content (AvgIpc) is 2.87. The van der Waals surface area contributed by atoms with Crippen LogP contribution in [0.1, 0.15) is 142 Å². The van der Waals surface area contributed by atoms with Gasteiger partial charge in [0.05, 0.1) is 6.61 Å². The maximum Gasteiger partial charge on any atom is 0.407 e. The van der Waals surface area contributed by atoms with Crippen molar-refractivity contribution in [1.29, 1.82) is 5.41 Å². The minimum Gasteiger partial charge on any atom is -0.450 e. The van der Waals surface area contributed by atoms with Crippen molar-refractivity contribution in [3.8, 4) is 0 Å². The number of ether oxygens (including phenoxy) is 1. The molecule has 0 aromatic carbocycles. The Morgan fingerprint density at radius 2 is 1.13 bits per heavy atom. The van der Waals surface area contributed by atoms with Crippen LogP contribution >= 0.6 is 12.4 Å². The third-order valence-electron chi connectivity index (χ3n) is 6.65. The largest absolute Gasteiger partial charge is 0.450 e. The molecule has 0 saturated heterocycles. The summed E-state index contributed by atoms with van der Waals surface area (Å²) in [5, 5.41) is 15.6. The Morgan fingerprint density at radius 3 is 1.63 bits per heavy atom. The number of nitrogens with two attached hydrogens (primary N) is 1. The van der Waals surface area contributed by atoms with E-state index in [0.717, 1.165) is 38.5 Å². The van der Waals surface area contributed by atoms with Crippen molar-refractivity contribution >= 4 is 30.4 Å². The normalized spacial score (nSPS) is 11.3. The van der Waals surface area contributed by atoms with Crippen LogP contribution in [0.25, 0.3) is 0 Å². The number of carbonyl (C=O) groups excluding carboxylic acids is 2. The van der Waals surface area contributed by atoms with Crippen molar-refractivity contribution in [2.24, 2.45) is 5.73 Å². The molecule has 38 heavy (non-hydrogen) atoms. The molecule has 9 heteroatoms. The fourth-order valence-corrected chi connectivity index (χ4v) is 4.33. The molecule has 226 valence electrons. The zero-order valence-electron chi connectivity index (χ0n) is 24.6. The van der Waals surface area contributed by atoms with Gasteiger partial charge in [-0.3, -0.25) is 10.2 Å². The van der Waals surface area contributed by atoms with Gasteiger partial charge < -0.3 is 26.4 Å². The second-order valence-electron chi connectivity index (χ2n) is 10.3. The number of nitrogens with one attached hydrogen (secondary N) is 4. The van der Waals surface area contributed by atoms with Gasteiger partial charge >= 0.3 is 6.09 Å². The second-order valence-corrected chi connectivity index (χ2v) is 10.3. The van der Waals surface area contributed by atoms with E-state index >= 15 is 0 Å². The zero-order chi connectivity index (χ0) is 27.4. The lowest BCUT2D eigenvalue weighted by molar-refractivity contribution is -0.123. The molecule has 0 rings (SSSR count). The number of hydrogen-bond acceptors (Lipinski definition) is 4. The van der Waals surface area contributed by atoms with Gasteiger partial charge in [-0.1, -0.05) is 117 Å². The van der Waals surface area contributed by atoms with Crippen molar-refractivity contribution in [2.75, 3.05) is 19.7 Å². The predicted molar refractivity (Wildman–Crippen MR) is 162 cm³/mol. The van der Waals surface area contributed by atoms with Crippen LogP contribution in [0.3, 0.4) is 0 Å². The van der Waals surface area contributed by atoms with Gasteiger partial charge in [-0.15, -0.1) is 12.4 Å². The molecule has 0 aromatic heterocycles. The van der Waals surface area contributed by atoms with E-state index in [9.17, 15) is 9.59 Å². The summed E-state index contributed by atoms with van der Waals surface area (Å²) in [6.45, 7) is 5.88. The summed E-state index contributed by atoms with van der Waals surface area (Å²) in [6, 6.07) is -0.649. The Hall–Kier alpha value is -1.70. The lowest BCUT2D eigenvalue weighted by Gasteiger charge is -2.18. The van der Waals surface area contributed by atoms with Gasteiger partial charge in [0, 0.05) is 13.1 Å². The van der Waals surface area contributed by atoms with Gasteiger partial charge in [0.1, 0.15) is 6.04 Å². The van der Waals surface area contributed by atoms with Gasteiger partial charge in [-0.25, -0.2) is 4.79 Å². The van der Waals surface area contributed by atoms with Gasteiger partial charge in [-0.05, 0) is 25.7 Å². The summed E-state index contributed by atoms with van der Waals surface area (Å²) < 4.78 is 5.33. The summed E-state index contributed by atoms with van der Waals surface area (Å²) in [5.41, 5.74) is 5.31. The first-order chi connectivity index (χ1) is 18.0. The number of carbonyl (C=O) groups is 2. The van der Waals surface area contributed by atoms with Crippen LogP contribution in [0.15, 0.2) is 0 Å². The average molecular weight is 562 g/mol. The first kappa shape index (κ1) is 38.4. The molecular formula is C29H60ClN5O3. The highest BCUT2D eigenvalue weighted by Crippen LogP contribution is 2.13. The number of alkyl carbamates (subject to hydrolysis) is 1. The van der Waals surface area contributed by atoms with Crippen LogP contribution in [-0.2, 0) is 9.53 Å². The number of rotatable bonds is 26. The van der Waals surface area contributed by atoms with Gasteiger partial charge in [-0.2, -0.15) is 0 Å². The van der Waals surface area contributed by atoms with E-state index in [0.29, 0.717) is 32.5 Å². The first-order valence-electron chi connectivity index (χ1n) is 15.3. The number of guanidine groups is 1. The van der Waals surface area contributed by atoms with E-state index < -0.39 is 12.1 Å². The summed E-state index contributed by atoms with van der Waals surface area (Å²) in [4.78, 5) is 24.8. The Kier molecular flexibility index (Phi) is 30.2. The second kappa shape index (κ2) is 29.9. The van der Waals surface area contributed by atoms with Crippen molar-refractivity contribution < 1.29 is 14.3 Å². The van der Waals surface area contributed by atoms with E-state index in [1.165, 1.54) is 77.0 Å². The third kappa shape index (κ3) is 27.3. The van der Waals surface area contributed by atoms with Gasteiger partial charge in [0.2, 0.25) is 5.91 Å². The molecule has 0 aliphatic heterocycles. The fourth-order valence-electron chi connectivity index (χ4n) is 4.33. The van der Waals surface area contributed by atoms with Crippen LogP contribution in [0.5, 0.6) is 0 Å². The van der Waals surface area contributed by atoms with Crippen molar-refractivity contribution in [2.45, 2.75) is 148 Å². The standard InChI is InChI=1S/C29H59N5O3.ClH/c1-3-5-7-9-10-11-12-13-14-15-16-17-18-20-25-37-29(36)34-26(22-21-24-33-28(30)31)27(35)32-23-19-8-6-4-2;/h26H,3-25H2,1-2H3,(H,32,35)(H,34,36)(H4,30,31,33);1H. The summed E-state index contributed by atoms with van der Waals surface area (Å²) in [6.07, 6.45) is 22.8. The number of halogens is 1. The zero-order valence-corrected chi connectivity index (χ0v) is 25.4. The molecule has 0 aliphatic carbocycles. The van der Waals surface area contributed by atoms with Crippen LogP contribution in [0.4, 0.5) is 4.79 Å². The minimum absolute atomic E-state index is 0. The van der Waals surface area contributed by atoms with E-state index in [2.05, 4.69) is 29.8 Å². The molecule has 8 nitrogen and oxygen atoms in total. The molecule has 1 atom stereocenters. The Morgan fingerprint density at radius 1 is 0.684 bits per heavy atom. The van der Waals surface area contributed by atoms with Crippen molar-refractivity contribution in [3.05, 3.63) is 0 Å². The highest BCUT2D eigenvalue weighted by Gasteiger charge is 2.20. The van der Waals surface area contributed by atoms with Gasteiger partial charge in [0.15, 0.2) is 5.96 Å². The maximum atomic E-state index is 12.6. The maximum absolute atomic E-state index is 12.6. The molecular weight excluding hydrogens is 502 g/mol. The molecule has 0 bridgehead atoms. The van der Waals surface area contributed by atoms with E-state index in [4.69, 9.17) is 15.9 Å². The Bertz CT molecular complexity index is 566. The SMILES string of the molecule is CCCCCCCCCCCCCCCCOC(=O)NC(CCCNC(=N)N)C(=O)NCCCCCC.Cl. The number of hydrogen-bond donors (Lipinski definition) is 5. The van der Waals surface area contributed by atoms with Crippen LogP contribution < -0.4 is 21.7 Å². The predicted octanol–water partition coefficient (Wildman–Crippen LogP) is 6.94. The van der Waals surface area contributed by atoms with E-state index in [-0.39, 0.29) is 24.3 Å². The van der Waals surface area contributed by atoms with Crippen LogP contribution in [0.2, 0.25) is 0 Å². The fraction of sp³-hybridized carbons (Fsp3) is 0.897. The molecule has 0 fully saturated rings.